The molecule has 0 saturated carbocycles. The summed E-state index contributed by atoms with van der Waals surface area (Å²) in [6, 6.07) is 7.08. The van der Waals surface area contributed by atoms with Crippen molar-refractivity contribution in [1.82, 2.24) is 10.6 Å². The summed E-state index contributed by atoms with van der Waals surface area (Å²) in [5.74, 6) is 1.64. The lowest BCUT2D eigenvalue weighted by Crippen LogP contribution is -2.38. The van der Waals surface area contributed by atoms with Gasteiger partial charge in [0, 0.05) is 25.2 Å². The molecule has 0 aliphatic heterocycles. The molecule has 0 heterocycles. The Bertz CT molecular complexity index is 408. The molecule has 1 atom stereocenters. The summed E-state index contributed by atoms with van der Waals surface area (Å²) in [4.78, 5) is 0. The summed E-state index contributed by atoms with van der Waals surface area (Å²) >= 11 is 0. The molecular formula is C17H30N2O2. The zero-order valence-corrected chi connectivity index (χ0v) is 14.0. The molecule has 0 radical (unpaired) electrons. The first kappa shape index (κ1) is 17.8. The van der Waals surface area contributed by atoms with Crippen molar-refractivity contribution in [2.24, 2.45) is 0 Å². The van der Waals surface area contributed by atoms with Crippen LogP contribution in [0.1, 0.15) is 40.2 Å². The van der Waals surface area contributed by atoms with E-state index in [2.05, 4.69) is 43.5 Å². The van der Waals surface area contributed by atoms with Crippen LogP contribution >= 0.6 is 0 Å². The first-order valence-electron chi connectivity index (χ1n) is 7.92. The van der Waals surface area contributed by atoms with Gasteiger partial charge in [-0.25, -0.2) is 0 Å². The Morgan fingerprint density at radius 3 is 2.24 bits per heavy atom. The minimum absolute atomic E-state index is 0.425. The summed E-state index contributed by atoms with van der Waals surface area (Å²) in [7, 11) is 0. The number of benzene rings is 1. The zero-order valence-electron chi connectivity index (χ0n) is 14.0. The smallest absolute Gasteiger partial charge is 0.161 e. The lowest BCUT2D eigenvalue weighted by Gasteiger charge is -2.17. The van der Waals surface area contributed by atoms with Gasteiger partial charge in [0.25, 0.3) is 0 Å². The first-order chi connectivity index (χ1) is 10.1. The zero-order chi connectivity index (χ0) is 15.7. The van der Waals surface area contributed by atoms with Crippen LogP contribution < -0.4 is 20.1 Å². The molecule has 1 unspecified atom stereocenters. The predicted molar refractivity (Wildman–Crippen MR) is 88.2 cm³/mol. The molecule has 1 aromatic rings. The lowest BCUT2D eigenvalue weighted by atomic mass is 10.2. The molecule has 0 aliphatic carbocycles. The molecule has 0 amide bonds. The van der Waals surface area contributed by atoms with Gasteiger partial charge in [0.15, 0.2) is 11.5 Å². The van der Waals surface area contributed by atoms with Gasteiger partial charge in [-0.15, -0.1) is 0 Å². The van der Waals surface area contributed by atoms with Crippen molar-refractivity contribution in [3.05, 3.63) is 23.8 Å². The maximum atomic E-state index is 5.65. The third-order valence-electron chi connectivity index (χ3n) is 3.09. The van der Waals surface area contributed by atoms with Crippen LogP contribution in [0.25, 0.3) is 0 Å². The van der Waals surface area contributed by atoms with E-state index in [4.69, 9.17) is 9.47 Å². The Labute approximate surface area is 129 Å². The highest BCUT2D eigenvalue weighted by Gasteiger charge is 2.07. The third kappa shape index (κ3) is 6.82. The van der Waals surface area contributed by atoms with E-state index in [1.54, 1.807) is 0 Å². The largest absolute Gasteiger partial charge is 0.490 e. The van der Waals surface area contributed by atoms with Crippen molar-refractivity contribution >= 4 is 0 Å². The van der Waals surface area contributed by atoms with E-state index in [9.17, 15) is 0 Å². The van der Waals surface area contributed by atoms with Crippen molar-refractivity contribution in [2.45, 2.75) is 53.2 Å². The van der Waals surface area contributed by atoms with Gasteiger partial charge in [-0.2, -0.15) is 0 Å². The summed E-state index contributed by atoms with van der Waals surface area (Å²) in [6.45, 7) is 13.6. The quantitative estimate of drug-likeness (QED) is 0.696. The van der Waals surface area contributed by atoms with Gasteiger partial charge < -0.3 is 20.1 Å². The van der Waals surface area contributed by atoms with Gasteiger partial charge in [-0.1, -0.05) is 19.9 Å². The highest BCUT2D eigenvalue weighted by molar-refractivity contribution is 5.43. The second kappa shape index (κ2) is 9.64. The van der Waals surface area contributed by atoms with Gasteiger partial charge >= 0.3 is 0 Å². The SMILES string of the molecule is CCOc1ccc(CNC(C)CNC(C)C)cc1OCC. The first-order valence-corrected chi connectivity index (χ1v) is 7.92. The minimum Gasteiger partial charge on any atom is -0.490 e. The van der Waals surface area contributed by atoms with Gasteiger partial charge in [-0.05, 0) is 38.5 Å². The molecule has 0 fully saturated rings. The van der Waals surface area contributed by atoms with Crippen LogP contribution in [0.3, 0.4) is 0 Å². The highest BCUT2D eigenvalue weighted by Crippen LogP contribution is 2.28. The van der Waals surface area contributed by atoms with Crippen LogP contribution in [-0.4, -0.2) is 31.8 Å². The van der Waals surface area contributed by atoms with Crippen molar-refractivity contribution < 1.29 is 9.47 Å². The molecular weight excluding hydrogens is 264 g/mol. The van der Waals surface area contributed by atoms with E-state index in [0.717, 1.165) is 24.6 Å². The van der Waals surface area contributed by atoms with Gasteiger partial charge in [0.1, 0.15) is 0 Å². The van der Waals surface area contributed by atoms with Crippen molar-refractivity contribution in [3.63, 3.8) is 0 Å². The van der Waals surface area contributed by atoms with Crippen molar-refractivity contribution in [2.75, 3.05) is 19.8 Å². The van der Waals surface area contributed by atoms with Crippen LogP contribution in [0.4, 0.5) is 0 Å². The van der Waals surface area contributed by atoms with Crippen LogP contribution in [-0.2, 0) is 6.54 Å². The molecule has 0 spiro atoms. The molecule has 1 aromatic carbocycles. The topological polar surface area (TPSA) is 42.5 Å². The number of hydrogen-bond acceptors (Lipinski definition) is 4. The van der Waals surface area contributed by atoms with Gasteiger partial charge in [0.05, 0.1) is 13.2 Å². The summed E-state index contributed by atoms with van der Waals surface area (Å²) in [5, 5.41) is 6.95. The van der Waals surface area contributed by atoms with Crippen LogP contribution in [0.2, 0.25) is 0 Å². The van der Waals surface area contributed by atoms with E-state index >= 15 is 0 Å². The average molecular weight is 294 g/mol. The van der Waals surface area contributed by atoms with Crippen LogP contribution in [0, 0.1) is 0 Å². The van der Waals surface area contributed by atoms with E-state index in [-0.39, 0.29) is 0 Å². The molecule has 0 aliphatic rings. The maximum Gasteiger partial charge on any atom is 0.161 e. The fourth-order valence-corrected chi connectivity index (χ4v) is 1.98. The normalized spacial score (nSPS) is 12.5. The number of rotatable bonds is 10. The number of ether oxygens (including phenoxy) is 2. The summed E-state index contributed by atoms with van der Waals surface area (Å²) in [5.41, 5.74) is 1.21. The Morgan fingerprint density at radius 2 is 1.62 bits per heavy atom. The summed E-state index contributed by atoms with van der Waals surface area (Å²) < 4.78 is 11.2. The molecule has 0 aromatic heterocycles. The van der Waals surface area contributed by atoms with Crippen LogP contribution in [0.15, 0.2) is 18.2 Å². The Balaban J connectivity index is 2.56. The van der Waals surface area contributed by atoms with Crippen molar-refractivity contribution in [1.29, 1.82) is 0 Å². The highest BCUT2D eigenvalue weighted by atomic mass is 16.5. The molecule has 120 valence electrons. The maximum absolute atomic E-state index is 5.65. The van der Waals surface area contributed by atoms with Crippen LogP contribution in [0.5, 0.6) is 11.5 Å². The summed E-state index contributed by atoms with van der Waals surface area (Å²) in [6.07, 6.45) is 0. The van der Waals surface area contributed by atoms with E-state index in [1.807, 2.05) is 19.9 Å². The Morgan fingerprint density at radius 1 is 0.952 bits per heavy atom. The molecule has 4 heteroatoms. The molecule has 2 N–H and O–H groups in total. The predicted octanol–water partition coefficient (Wildman–Crippen LogP) is 2.96. The fourth-order valence-electron chi connectivity index (χ4n) is 1.98. The molecule has 4 nitrogen and oxygen atoms in total. The van der Waals surface area contributed by atoms with Gasteiger partial charge in [0.2, 0.25) is 0 Å². The minimum atomic E-state index is 0.425. The van der Waals surface area contributed by atoms with E-state index < -0.39 is 0 Å². The lowest BCUT2D eigenvalue weighted by molar-refractivity contribution is 0.287. The van der Waals surface area contributed by atoms with E-state index in [1.165, 1.54) is 5.56 Å². The Kier molecular flexibility index (Phi) is 8.16. The number of nitrogens with one attached hydrogen (secondary N) is 2. The Hall–Kier alpha value is -1.26. The molecule has 0 saturated heterocycles. The number of hydrogen-bond donors (Lipinski definition) is 2. The average Bonchev–Trinajstić information content (AvgIpc) is 2.45. The third-order valence-corrected chi connectivity index (χ3v) is 3.09. The second-order valence-corrected chi connectivity index (χ2v) is 5.49. The standard InChI is InChI=1S/C17H30N2O2/c1-6-20-16-9-8-15(10-17(16)21-7-2)12-19-14(5)11-18-13(3)4/h8-10,13-14,18-19H,6-7,11-12H2,1-5H3. The van der Waals surface area contributed by atoms with Crippen molar-refractivity contribution in [3.8, 4) is 11.5 Å². The second-order valence-electron chi connectivity index (χ2n) is 5.49. The molecule has 21 heavy (non-hydrogen) atoms. The monoisotopic (exact) mass is 294 g/mol. The fraction of sp³-hybridized carbons (Fsp3) is 0.647. The molecule has 0 bridgehead atoms. The van der Waals surface area contributed by atoms with E-state index in [0.29, 0.717) is 25.3 Å². The van der Waals surface area contributed by atoms with Gasteiger partial charge in [-0.3, -0.25) is 0 Å². The molecule has 1 rings (SSSR count).